The van der Waals surface area contributed by atoms with E-state index in [1.165, 1.54) is 12.0 Å². The molecule has 0 saturated heterocycles. The van der Waals surface area contributed by atoms with Gasteiger partial charge in [-0.15, -0.1) is 0 Å². The van der Waals surface area contributed by atoms with Gasteiger partial charge in [0.2, 0.25) is 5.95 Å². The van der Waals surface area contributed by atoms with Gasteiger partial charge < -0.3 is 10.6 Å². The van der Waals surface area contributed by atoms with Crippen LogP contribution in [0.15, 0.2) is 30.5 Å². The average Bonchev–Trinajstić information content (AvgIpc) is 2.50. The first kappa shape index (κ1) is 15.3. The predicted octanol–water partition coefficient (Wildman–Crippen LogP) is 4.30. The summed E-state index contributed by atoms with van der Waals surface area (Å²) in [6, 6.07) is 8.54. The van der Waals surface area contributed by atoms with E-state index in [1.54, 1.807) is 0 Å². The van der Waals surface area contributed by atoms with Gasteiger partial charge in [-0.2, -0.15) is 4.98 Å². The predicted molar refractivity (Wildman–Crippen MR) is 89.3 cm³/mol. The first-order chi connectivity index (χ1) is 10.2. The topological polar surface area (TPSA) is 49.8 Å². The maximum absolute atomic E-state index is 4.53. The summed E-state index contributed by atoms with van der Waals surface area (Å²) in [5.41, 5.74) is 3.46. The maximum atomic E-state index is 4.53. The Balaban J connectivity index is 2.10. The number of aryl methyl sites for hydroxylation is 2. The quantitative estimate of drug-likeness (QED) is 0.795. The first-order valence-corrected chi connectivity index (χ1v) is 7.66. The number of benzene rings is 1. The molecule has 0 aliphatic carbocycles. The molecule has 0 amide bonds. The van der Waals surface area contributed by atoms with E-state index < -0.39 is 0 Å². The summed E-state index contributed by atoms with van der Waals surface area (Å²) in [7, 11) is 0. The van der Waals surface area contributed by atoms with Crippen LogP contribution in [0.25, 0.3) is 0 Å². The van der Waals surface area contributed by atoms with Crippen LogP contribution in [0.4, 0.5) is 17.5 Å². The van der Waals surface area contributed by atoms with E-state index in [0.717, 1.165) is 36.5 Å². The van der Waals surface area contributed by atoms with E-state index in [0.29, 0.717) is 5.95 Å². The van der Waals surface area contributed by atoms with Gasteiger partial charge in [-0.1, -0.05) is 32.4 Å². The highest BCUT2D eigenvalue weighted by atomic mass is 15.1. The normalized spacial score (nSPS) is 10.4. The Hall–Kier alpha value is -2.10. The number of nitrogens with zero attached hydrogens (tertiary/aromatic N) is 2. The van der Waals surface area contributed by atoms with Crippen molar-refractivity contribution in [2.75, 3.05) is 17.2 Å². The smallest absolute Gasteiger partial charge is 0.224 e. The Kier molecular flexibility index (Phi) is 5.55. The van der Waals surface area contributed by atoms with Crippen LogP contribution in [0.5, 0.6) is 0 Å². The standard InChI is InChI=1S/C17H24N4/c1-4-6-14-7-9-15(10-8-14)20-16-13(3)12-19-17(21-16)18-11-5-2/h7-10,12H,4-6,11H2,1-3H3,(H2,18,19,20,21). The molecule has 0 fully saturated rings. The van der Waals surface area contributed by atoms with Crippen LogP contribution in [-0.2, 0) is 6.42 Å². The molecule has 0 aliphatic heterocycles. The van der Waals surface area contributed by atoms with E-state index in [-0.39, 0.29) is 0 Å². The van der Waals surface area contributed by atoms with E-state index >= 15 is 0 Å². The second kappa shape index (κ2) is 7.62. The van der Waals surface area contributed by atoms with Gasteiger partial charge in [-0.3, -0.25) is 0 Å². The van der Waals surface area contributed by atoms with Crippen molar-refractivity contribution in [1.29, 1.82) is 0 Å². The van der Waals surface area contributed by atoms with E-state index in [4.69, 9.17) is 0 Å². The van der Waals surface area contributed by atoms with Crippen LogP contribution in [-0.4, -0.2) is 16.5 Å². The van der Waals surface area contributed by atoms with Crippen LogP contribution < -0.4 is 10.6 Å². The number of hydrogen-bond donors (Lipinski definition) is 2. The lowest BCUT2D eigenvalue weighted by Crippen LogP contribution is -2.06. The van der Waals surface area contributed by atoms with Gasteiger partial charge in [0.1, 0.15) is 5.82 Å². The largest absolute Gasteiger partial charge is 0.354 e. The molecule has 2 N–H and O–H groups in total. The van der Waals surface area contributed by atoms with Gasteiger partial charge in [0.15, 0.2) is 0 Å². The number of hydrogen-bond acceptors (Lipinski definition) is 4. The van der Waals surface area contributed by atoms with Gasteiger partial charge in [0, 0.05) is 24.0 Å². The van der Waals surface area contributed by atoms with Crippen LogP contribution in [0.3, 0.4) is 0 Å². The fourth-order valence-corrected chi connectivity index (χ4v) is 2.07. The Morgan fingerprint density at radius 2 is 1.81 bits per heavy atom. The average molecular weight is 284 g/mol. The number of aromatic nitrogens is 2. The summed E-state index contributed by atoms with van der Waals surface area (Å²) >= 11 is 0. The lowest BCUT2D eigenvalue weighted by molar-refractivity contribution is 0.922. The molecule has 2 aromatic rings. The molecule has 0 atom stereocenters. The lowest BCUT2D eigenvalue weighted by Gasteiger charge is -2.11. The zero-order chi connectivity index (χ0) is 15.1. The summed E-state index contributed by atoms with van der Waals surface area (Å²) in [4.78, 5) is 8.82. The van der Waals surface area contributed by atoms with Crippen molar-refractivity contribution in [3.8, 4) is 0 Å². The zero-order valence-electron chi connectivity index (χ0n) is 13.1. The molecule has 4 nitrogen and oxygen atoms in total. The molecule has 0 unspecified atom stereocenters. The van der Waals surface area contributed by atoms with Crippen molar-refractivity contribution < 1.29 is 0 Å². The van der Waals surface area contributed by atoms with Gasteiger partial charge in [0.25, 0.3) is 0 Å². The third kappa shape index (κ3) is 4.45. The SMILES string of the molecule is CCCNc1ncc(C)c(Nc2ccc(CCC)cc2)n1. The Labute approximate surface area is 127 Å². The van der Waals surface area contributed by atoms with Crippen LogP contribution in [0.1, 0.15) is 37.8 Å². The minimum Gasteiger partial charge on any atom is -0.354 e. The lowest BCUT2D eigenvalue weighted by atomic mass is 10.1. The third-order valence-corrected chi connectivity index (χ3v) is 3.26. The van der Waals surface area contributed by atoms with Crippen molar-refractivity contribution in [2.45, 2.75) is 40.0 Å². The molecule has 1 heterocycles. The molecule has 0 radical (unpaired) electrons. The Morgan fingerprint density at radius 3 is 2.48 bits per heavy atom. The summed E-state index contributed by atoms with van der Waals surface area (Å²) in [6.07, 6.45) is 5.19. The van der Waals surface area contributed by atoms with Crippen molar-refractivity contribution in [3.05, 3.63) is 41.6 Å². The van der Waals surface area contributed by atoms with Crippen molar-refractivity contribution in [3.63, 3.8) is 0 Å². The summed E-state index contributed by atoms with van der Waals surface area (Å²) < 4.78 is 0. The second-order valence-electron chi connectivity index (χ2n) is 5.22. The van der Waals surface area contributed by atoms with Gasteiger partial charge in [0.05, 0.1) is 0 Å². The molecule has 1 aromatic heterocycles. The Morgan fingerprint density at radius 1 is 1.05 bits per heavy atom. The number of rotatable bonds is 7. The monoisotopic (exact) mass is 284 g/mol. The highest BCUT2D eigenvalue weighted by Gasteiger charge is 2.04. The third-order valence-electron chi connectivity index (χ3n) is 3.26. The highest BCUT2D eigenvalue weighted by Crippen LogP contribution is 2.19. The zero-order valence-corrected chi connectivity index (χ0v) is 13.1. The maximum Gasteiger partial charge on any atom is 0.224 e. The van der Waals surface area contributed by atoms with Crippen LogP contribution in [0.2, 0.25) is 0 Å². The fourth-order valence-electron chi connectivity index (χ4n) is 2.07. The molecule has 4 heteroatoms. The molecule has 112 valence electrons. The minimum absolute atomic E-state index is 0.674. The van der Waals surface area contributed by atoms with E-state index in [9.17, 15) is 0 Å². The molecule has 0 spiro atoms. The molecule has 2 rings (SSSR count). The molecule has 0 bridgehead atoms. The minimum atomic E-state index is 0.674. The van der Waals surface area contributed by atoms with Crippen molar-refractivity contribution in [2.24, 2.45) is 0 Å². The van der Waals surface area contributed by atoms with E-state index in [1.807, 2.05) is 13.1 Å². The van der Waals surface area contributed by atoms with Crippen LogP contribution >= 0.6 is 0 Å². The second-order valence-corrected chi connectivity index (χ2v) is 5.22. The Bertz CT molecular complexity index is 564. The molecule has 1 aromatic carbocycles. The fraction of sp³-hybridized carbons (Fsp3) is 0.412. The molecular weight excluding hydrogens is 260 g/mol. The molecule has 21 heavy (non-hydrogen) atoms. The molecule has 0 saturated carbocycles. The van der Waals surface area contributed by atoms with Gasteiger partial charge >= 0.3 is 0 Å². The van der Waals surface area contributed by atoms with Gasteiger partial charge in [-0.25, -0.2) is 4.98 Å². The number of nitrogens with one attached hydrogen (secondary N) is 2. The van der Waals surface area contributed by atoms with E-state index in [2.05, 4.69) is 58.7 Å². The summed E-state index contributed by atoms with van der Waals surface area (Å²) in [6.45, 7) is 7.21. The van der Waals surface area contributed by atoms with Crippen LogP contribution in [0, 0.1) is 6.92 Å². The summed E-state index contributed by atoms with van der Waals surface area (Å²) in [5.74, 6) is 1.53. The summed E-state index contributed by atoms with van der Waals surface area (Å²) in [5, 5.41) is 6.58. The number of anilines is 3. The molecular formula is C17H24N4. The van der Waals surface area contributed by atoms with Crippen molar-refractivity contribution in [1.82, 2.24) is 9.97 Å². The van der Waals surface area contributed by atoms with Gasteiger partial charge in [-0.05, 0) is 37.5 Å². The highest BCUT2D eigenvalue weighted by molar-refractivity contribution is 5.60. The first-order valence-electron chi connectivity index (χ1n) is 7.66. The molecule has 0 aliphatic rings. The van der Waals surface area contributed by atoms with Crippen molar-refractivity contribution >= 4 is 17.5 Å².